The second-order valence-electron chi connectivity index (χ2n) is 6.28. The molecule has 1 aromatic rings. The number of hydrogen-bond acceptors (Lipinski definition) is 4. The molecule has 136 valence electrons. The zero-order chi connectivity index (χ0) is 18.6. The van der Waals surface area contributed by atoms with Crippen LogP contribution in [0.5, 0.6) is 5.75 Å². The Morgan fingerprint density at radius 1 is 1.32 bits per heavy atom. The van der Waals surface area contributed by atoms with E-state index in [2.05, 4.69) is 5.32 Å². The van der Waals surface area contributed by atoms with Crippen LogP contribution in [0.1, 0.15) is 27.7 Å². The Morgan fingerprint density at radius 2 is 2.00 bits per heavy atom. The first kappa shape index (κ1) is 18.8. The van der Waals surface area contributed by atoms with Gasteiger partial charge in [0.05, 0.1) is 12.2 Å². The molecule has 0 bridgehead atoms. The van der Waals surface area contributed by atoms with E-state index in [-0.39, 0.29) is 36.9 Å². The Balaban J connectivity index is 2.12. The van der Waals surface area contributed by atoms with Gasteiger partial charge in [-0.15, -0.1) is 0 Å². The summed E-state index contributed by atoms with van der Waals surface area (Å²) < 4.78 is 5.57. The van der Waals surface area contributed by atoms with Gasteiger partial charge in [-0.1, -0.05) is 12.1 Å². The zero-order valence-corrected chi connectivity index (χ0v) is 15.1. The van der Waals surface area contributed by atoms with Crippen molar-refractivity contribution in [1.82, 2.24) is 10.2 Å². The van der Waals surface area contributed by atoms with Gasteiger partial charge in [0.2, 0.25) is 11.8 Å². The second-order valence-corrected chi connectivity index (χ2v) is 6.28. The highest BCUT2D eigenvalue weighted by Crippen LogP contribution is 2.33. The SMILES string of the molecule is CCN(CC(=O)NC(C)C)C(=O)CN1C(=O)C(C)Oc2ccccc21. The normalized spacial score (nSPS) is 16.3. The van der Waals surface area contributed by atoms with Crippen molar-refractivity contribution in [3.8, 4) is 5.75 Å². The van der Waals surface area contributed by atoms with Crippen molar-refractivity contribution in [3.63, 3.8) is 0 Å². The maximum atomic E-state index is 12.6. The van der Waals surface area contributed by atoms with Gasteiger partial charge in [-0.2, -0.15) is 0 Å². The molecule has 3 amide bonds. The van der Waals surface area contributed by atoms with Crippen LogP contribution in [0, 0.1) is 0 Å². The summed E-state index contributed by atoms with van der Waals surface area (Å²) in [5.74, 6) is -0.191. The molecule has 0 radical (unpaired) electrons. The zero-order valence-electron chi connectivity index (χ0n) is 15.1. The van der Waals surface area contributed by atoms with E-state index in [1.54, 1.807) is 32.0 Å². The summed E-state index contributed by atoms with van der Waals surface area (Å²) in [6.45, 7) is 7.43. The number of nitrogens with one attached hydrogen (secondary N) is 1. The van der Waals surface area contributed by atoms with Crippen LogP contribution in [0.4, 0.5) is 5.69 Å². The van der Waals surface area contributed by atoms with Gasteiger partial charge >= 0.3 is 0 Å². The number of ether oxygens (including phenoxy) is 1. The van der Waals surface area contributed by atoms with Crippen molar-refractivity contribution in [1.29, 1.82) is 0 Å². The minimum Gasteiger partial charge on any atom is -0.479 e. The van der Waals surface area contributed by atoms with E-state index < -0.39 is 6.10 Å². The number of hydrogen-bond donors (Lipinski definition) is 1. The maximum Gasteiger partial charge on any atom is 0.268 e. The number of nitrogens with zero attached hydrogens (tertiary/aromatic N) is 2. The molecule has 2 rings (SSSR count). The van der Waals surface area contributed by atoms with Gasteiger partial charge in [0.1, 0.15) is 12.3 Å². The summed E-state index contributed by atoms with van der Waals surface area (Å²) in [5, 5.41) is 2.76. The van der Waals surface area contributed by atoms with Gasteiger partial charge in [-0.25, -0.2) is 0 Å². The van der Waals surface area contributed by atoms with Gasteiger partial charge < -0.3 is 15.0 Å². The fourth-order valence-corrected chi connectivity index (χ4v) is 2.67. The fourth-order valence-electron chi connectivity index (χ4n) is 2.67. The average Bonchev–Trinajstić information content (AvgIpc) is 2.55. The molecule has 1 aromatic carbocycles. The van der Waals surface area contributed by atoms with Crippen LogP contribution in [0.25, 0.3) is 0 Å². The molecule has 0 saturated carbocycles. The van der Waals surface area contributed by atoms with E-state index in [1.165, 1.54) is 9.80 Å². The van der Waals surface area contributed by atoms with Crippen LogP contribution in [0.2, 0.25) is 0 Å². The molecule has 0 aromatic heterocycles. The highest BCUT2D eigenvalue weighted by molar-refractivity contribution is 6.04. The van der Waals surface area contributed by atoms with Crippen molar-refractivity contribution in [3.05, 3.63) is 24.3 Å². The first-order chi connectivity index (χ1) is 11.8. The molecule has 1 N–H and O–H groups in total. The summed E-state index contributed by atoms with van der Waals surface area (Å²) in [6.07, 6.45) is -0.651. The number of fused-ring (bicyclic) bond motifs is 1. The number of rotatable bonds is 6. The van der Waals surface area contributed by atoms with E-state index in [0.717, 1.165) is 0 Å². The summed E-state index contributed by atoms with van der Waals surface area (Å²) in [5.41, 5.74) is 0.571. The van der Waals surface area contributed by atoms with Crippen LogP contribution >= 0.6 is 0 Å². The Hall–Kier alpha value is -2.57. The van der Waals surface area contributed by atoms with E-state index >= 15 is 0 Å². The van der Waals surface area contributed by atoms with Gasteiger partial charge in [0.25, 0.3) is 5.91 Å². The van der Waals surface area contributed by atoms with Crippen LogP contribution in [-0.4, -0.2) is 54.4 Å². The smallest absolute Gasteiger partial charge is 0.268 e. The third-order valence-corrected chi connectivity index (χ3v) is 3.89. The number of carbonyl (C=O) groups excluding carboxylic acids is 3. The van der Waals surface area contributed by atoms with Crippen molar-refractivity contribution in [2.75, 3.05) is 24.5 Å². The molecular formula is C18H25N3O4. The first-order valence-corrected chi connectivity index (χ1v) is 8.47. The van der Waals surface area contributed by atoms with Gasteiger partial charge in [-0.05, 0) is 39.8 Å². The molecule has 1 unspecified atom stereocenters. The van der Waals surface area contributed by atoms with Gasteiger partial charge in [0, 0.05) is 12.6 Å². The predicted octanol–water partition coefficient (Wildman–Crippen LogP) is 1.17. The molecular weight excluding hydrogens is 322 g/mol. The van der Waals surface area contributed by atoms with Gasteiger partial charge in [-0.3, -0.25) is 19.3 Å². The first-order valence-electron chi connectivity index (χ1n) is 8.47. The highest BCUT2D eigenvalue weighted by Gasteiger charge is 2.33. The number of para-hydroxylation sites is 2. The number of anilines is 1. The summed E-state index contributed by atoms with van der Waals surface area (Å²) in [4.78, 5) is 39.9. The number of amides is 3. The van der Waals surface area contributed by atoms with Crippen LogP contribution in [-0.2, 0) is 14.4 Å². The maximum absolute atomic E-state index is 12.6. The third-order valence-electron chi connectivity index (χ3n) is 3.89. The molecule has 25 heavy (non-hydrogen) atoms. The molecule has 0 aliphatic carbocycles. The molecule has 1 aliphatic heterocycles. The fraction of sp³-hybridized carbons (Fsp3) is 0.500. The van der Waals surface area contributed by atoms with Crippen LogP contribution in [0.15, 0.2) is 24.3 Å². The van der Waals surface area contributed by atoms with E-state index in [4.69, 9.17) is 4.74 Å². The molecule has 1 atom stereocenters. The summed E-state index contributed by atoms with van der Waals surface area (Å²) in [7, 11) is 0. The van der Waals surface area contributed by atoms with E-state index in [1.807, 2.05) is 19.9 Å². The summed E-state index contributed by atoms with van der Waals surface area (Å²) >= 11 is 0. The standard InChI is InChI=1S/C18H25N3O4/c1-5-20(10-16(22)19-12(2)3)17(23)11-21-14-8-6-7-9-15(14)25-13(4)18(21)24/h6-9,12-13H,5,10-11H2,1-4H3,(H,19,22). The number of benzene rings is 1. The lowest BCUT2D eigenvalue weighted by Gasteiger charge is -2.33. The predicted molar refractivity (Wildman–Crippen MR) is 94.4 cm³/mol. The lowest BCUT2D eigenvalue weighted by Crippen LogP contribution is -2.51. The Kier molecular flexibility index (Phi) is 6.01. The van der Waals surface area contributed by atoms with Crippen LogP contribution in [0.3, 0.4) is 0 Å². The van der Waals surface area contributed by atoms with Crippen molar-refractivity contribution in [2.24, 2.45) is 0 Å². The minimum absolute atomic E-state index is 0.00913. The van der Waals surface area contributed by atoms with Crippen molar-refractivity contribution in [2.45, 2.75) is 39.8 Å². The second kappa shape index (κ2) is 8.00. The lowest BCUT2D eigenvalue weighted by molar-refractivity contribution is -0.136. The molecule has 7 nitrogen and oxygen atoms in total. The van der Waals surface area contributed by atoms with E-state index in [0.29, 0.717) is 18.0 Å². The highest BCUT2D eigenvalue weighted by atomic mass is 16.5. The topological polar surface area (TPSA) is 79.0 Å². The van der Waals surface area contributed by atoms with Crippen LogP contribution < -0.4 is 15.0 Å². The summed E-state index contributed by atoms with van der Waals surface area (Å²) in [6, 6.07) is 7.12. The van der Waals surface area contributed by atoms with Crippen molar-refractivity contribution < 1.29 is 19.1 Å². The Morgan fingerprint density at radius 3 is 2.64 bits per heavy atom. The lowest BCUT2D eigenvalue weighted by atomic mass is 10.2. The van der Waals surface area contributed by atoms with Gasteiger partial charge in [0.15, 0.2) is 6.10 Å². The number of carbonyl (C=O) groups is 3. The molecule has 1 aliphatic rings. The third kappa shape index (κ3) is 4.49. The molecule has 1 heterocycles. The molecule has 7 heteroatoms. The quantitative estimate of drug-likeness (QED) is 0.838. The number of likely N-dealkylation sites (N-methyl/N-ethyl adjacent to an activating group) is 1. The largest absolute Gasteiger partial charge is 0.479 e. The van der Waals surface area contributed by atoms with Crippen molar-refractivity contribution >= 4 is 23.4 Å². The minimum atomic E-state index is -0.651. The monoisotopic (exact) mass is 347 g/mol. The molecule has 0 fully saturated rings. The average molecular weight is 347 g/mol. The Labute approximate surface area is 147 Å². The van der Waals surface area contributed by atoms with E-state index in [9.17, 15) is 14.4 Å². The molecule has 0 spiro atoms. The Bertz CT molecular complexity index is 659. The molecule has 0 saturated heterocycles.